The number of amides is 4. The van der Waals surface area contributed by atoms with Gasteiger partial charge in [0, 0.05) is 23.7 Å². The molecule has 2 aliphatic heterocycles. The van der Waals surface area contributed by atoms with E-state index in [-0.39, 0.29) is 30.6 Å². The molecule has 0 aliphatic carbocycles. The summed E-state index contributed by atoms with van der Waals surface area (Å²) >= 11 is 0. The Morgan fingerprint density at radius 1 is 1.02 bits per heavy atom. The van der Waals surface area contributed by atoms with Crippen molar-refractivity contribution in [3.8, 4) is 16.9 Å². The molecule has 0 bridgehead atoms. The van der Waals surface area contributed by atoms with Gasteiger partial charge < -0.3 is 19.5 Å². The number of urea groups is 1. The maximum Gasteiger partial charge on any atom is 0.416 e. The van der Waals surface area contributed by atoms with Crippen LogP contribution in [0.5, 0.6) is 5.75 Å². The first kappa shape index (κ1) is 27.3. The maximum absolute atomic E-state index is 13.9. The molecule has 9 nitrogen and oxygen atoms in total. The van der Waals surface area contributed by atoms with E-state index in [1.165, 1.54) is 18.3 Å². The average Bonchev–Trinajstić information content (AvgIpc) is 3.61. The van der Waals surface area contributed by atoms with E-state index in [1.807, 2.05) is 13.8 Å². The fourth-order valence-corrected chi connectivity index (χ4v) is 5.64. The summed E-state index contributed by atoms with van der Waals surface area (Å²) in [4.78, 5) is 44.7. The molecule has 2 N–H and O–H groups in total. The second-order valence-corrected chi connectivity index (χ2v) is 10.7. The Morgan fingerprint density at radius 2 is 1.76 bits per heavy atom. The third-order valence-electron chi connectivity index (χ3n) is 7.82. The van der Waals surface area contributed by atoms with Gasteiger partial charge in [-0.2, -0.15) is 13.2 Å². The van der Waals surface area contributed by atoms with Crippen molar-refractivity contribution in [2.75, 3.05) is 13.7 Å². The lowest BCUT2D eigenvalue weighted by molar-refractivity contribution is -0.137. The van der Waals surface area contributed by atoms with Crippen LogP contribution in [0.4, 0.5) is 18.0 Å². The van der Waals surface area contributed by atoms with Crippen LogP contribution < -0.4 is 15.4 Å². The van der Waals surface area contributed by atoms with Gasteiger partial charge in [-0.05, 0) is 54.8 Å². The Bertz CT molecular complexity index is 1760. The first-order valence-corrected chi connectivity index (χ1v) is 13.2. The zero-order valence-electron chi connectivity index (χ0n) is 22.9. The summed E-state index contributed by atoms with van der Waals surface area (Å²) in [7, 11) is 1.50. The highest BCUT2D eigenvalue weighted by Gasteiger charge is 2.50. The molecule has 2 aliphatic rings. The van der Waals surface area contributed by atoms with Gasteiger partial charge in [-0.3, -0.25) is 14.9 Å². The Kier molecular flexibility index (Phi) is 6.25. The number of nitrogens with zero attached hydrogens (tertiary/aromatic N) is 3. The number of alkyl halides is 3. The van der Waals surface area contributed by atoms with Crippen LogP contribution in [0.15, 0.2) is 60.9 Å². The fourth-order valence-electron chi connectivity index (χ4n) is 5.64. The summed E-state index contributed by atoms with van der Waals surface area (Å²) in [6, 6.07) is 12.8. The third kappa shape index (κ3) is 4.34. The minimum Gasteiger partial charge on any atom is -0.497 e. The van der Waals surface area contributed by atoms with Crippen LogP contribution in [0.25, 0.3) is 22.2 Å². The highest BCUT2D eigenvalue weighted by atomic mass is 19.4. The summed E-state index contributed by atoms with van der Waals surface area (Å²) < 4.78 is 48.5. The van der Waals surface area contributed by atoms with Gasteiger partial charge >= 0.3 is 12.2 Å². The number of carbonyl (C=O) groups excluding carboxylic acids is 3. The lowest BCUT2D eigenvalue weighted by atomic mass is 9.87. The van der Waals surface area contributed by atoms with Gasteiger partial charge in [0.05, 0.1) is 36.6 Å². The van der Waals surface area contributed by atoms with Crippen LogP contribution in [-0.4, -0.2) is 46.0 Å². The minimum atomic E-state index is -4.57. The molecule has 4 aromatic rings. The molecule has 42 heavy (non-hydrogen) atoms. The molecule has 4 amide bonds. The molecule has 1 aromatic heterocycles. The van der Waals surface area contributed by atoms with Crippen LogP contribution in [0, 0.1) is 0 Å². The molecular formula is C30H26F3N5O4. The molecule has 1 atom stereocenters. The van der Waals surface area contributed by atoms with E-state index in [9.17, 15) is 27.6 Å². The predicted octanol–water partition coefficient (Wildman–Crippen LogP) is 5.00. The quantitative estimate of drug-likeness (QED) is 0.314. The van der Waals surface area contributed by atoms with Crippen molar-refractivity contribution in [2.45, 2.75) is 38.1 Å². The molecule has 0 saturated carbocycles. The Hall–Kier alpha value is -4.87. The Labute approximate surface area is 238 Å². The van der Waals surface area contributed by atoms with Gasteiger partial charge in [-0.15, -0.1) is 0 Å². The molecule has 216 valence electrons. The number of fused-ring (bicyclic) bond motifs is 2. The first-order valence-electron chi connectivity index (χ1n) is 13.2. The number of ether oxygens (including phenoxy) is 1. The number of halogens is 3. The average molecular weight is 578 g/mol. The van der Waals surface area contributed by atoms with Gasteiger partial charge in [0.2, 0.25) is 0 Å². The van der Waals surface area contributed by atoms with Crippen LogP contribution in [-0.2, 0) is 23.1 Å². The van der Waals surface area contributed by atoms with E-state index in [0.717, 1.165) is 17.7 Å². The summed E-state index contributed by atoms with van der Waals surface area (Å²) in [5.74, 6) is -0.442. The highest BCUT2D eigenvalue weighted by Crippen LogP contribution is 2.39. The molecule has 0 radical (unpaired) electrons. The number of imide groups is 1. The van der Waals surface area contributed by atoms with E-state index in [2.05, 4.69) is 15.6 Å². The molecule has 0 spiro atoms. The van der Waals surface area contributed by atoms with Crippen molar-refractivity contribution < 1.29 is 32.3 Å². The molecule has 1 fully saturated rings. The highest BCUT2D eigenvalue weighted by molar-refractivity contribution is 6.08. The SMILES string of the molecule is COc1ccc2c(c1)C(=O)N(C[C@@]1(c3ccc(-c4cc(C(F)(F)F)cc5c4ncn5C(C)C)cc3)NC(=O)NC1=O)C2. The van der Waals surface area contributed by atoms with E-state index < -0.39 is 29.2 Å². The van der Waals surface area contributed by atoms with Gasteiger partial charge in [0.25, 0.3) is 11.8 Å². The number of nitrogens with one attached hydrogen (secondary N) is 2. The predicted molar refractivity (Wildman–Crippen MR) is 147 cm³/mol. The largest absolute Gasteiger partial charge is 0.497 e. The third-order valence-corrected chi connectivity index (χ3v) is 7.82. The van der Waals surface area contributed by atoms with Crippen LogP contribution in [0.2, 0.25) is 0 Å². The molecule has 12 heteroatoms. The van der Waals surface area contributed by atoms with Gasteiger partial charge in [0.15, 0.2) is 5.54 Å². The smallest absolute Gasteiger partial charge is 0.416 e. The minimum absolute atomic E-state index is 0.112. The second-order valence-electron chi connectivity index (χ2n) is 10.7. The van der Waals surface area contributed by atoms with Crippen molar-refractivity contribution in [1.29, 1.82) is 0 Å². The van der Waals surface area contributed by atoms with E-state index >= 15 is 0 Å². The topological polar surface area (TPSA) is 106 Å². The lowest BCUT2D eigenvalue weighted by Gasteiger charge is -2.31. The normalized spacial score (nSPS) is 18.5. The summed E-state index contributed by atoms with van der Waals surface area (Å²) in [6.45, 7) is 3.78. The maximum atomic E-state index is 13.9. The van der Waals surface area contributed by atoms with Crippen LogP contribution >= 0.6 is 0 Å². The van der Waals surface area contributed by atoms with Crippen molar-refractivity contribution in [2.24, 2.45) is 0 Å². The number of imidazole rings is 1. The van der Waals surface area contributed by atoms with Crippen LogP contribution in [0.3, 0.4) is 0 Å². The molecule has 1 saturated heterocycles. The molecule has 0 unspecified atom stereocenters. The monoisotopic (exact) mass is 577 g/mol. The van der Waals surface area contributed by atoms with Gasteiger partial charge in [0.1, 0.15) is 5.75 Å². The first-order chi connectivity index (χ1) is 19.9. The summed E-state index contributed by atoms with van der Waals surface area (Å²) in [5.41, 5.74) is 0.623. The number of hydrogen-bond donors (Lipinski definition) is 2. The number of hydrogen-bond acceptors (Lipinski definition) is 5. The number of methoxy groups -OCH3 is 1. The second kappa shape index (κ2) is 9.61. The molecular weight excluding hydrogens is 551 g/mol. The standard InChI is InChI=1S/C30H26F3N5O4/c1-16(2)38-15-34-25-22(10-20(11-24(25)38)30(31,32)33)17-4-7-19(8-5-17)29(27(40)35-28(41)36-29)14-37-13-18-6-9-21(42-3)12-23(18)26(37)39/h4-12,15-16H,13-14H2,1-3H3,(H2,35,36,40,41)/t29-/m0/s1. The Morgan fingerprint density at radius 3 is 2.38 bits per heavy atom. The van der Waals surface area contributed by atoms with Crippen molar-refractivity contribution in [3.63, 3.8) is 0 Å². The van der Waals surface area contributed by atoms with E-state index in [4.69, 9.17) is 4.74 Å². The summed E-state index contributed by atoms with van der Waals surface area (Å²) in [5, 5.41) is 4.94. The van der Waals surface area contributed by atoms with Crippen molar-refractivity contribution in [1.82, 2.24) is 25.1 Å². The Balaban J connectivity index is 1.39. The van der Waals surface area contributed by atoms with E-state index in [1.54, 1.807) is 47.0 Å². The lowest BCUT2D eigenvalue weighted by Crippen LogP contribution is -2.52. The molecule has 3 heterocycles. The van der Waals surface area contributed by atoms with Crippen LogP contribution in [0.1, 0.15) is 46.9 Å². The number of rotatable bonds is 6. The van der Waals surface area contributed by atoms with Gasteiger partial charge in [-0.1, -0.05) is 30.3 Å². The van der Waals surface area contributed by atoms with Crippen molar-refractivity contribution >= 4 is 28.9 Å². The molecule has 6 rings (SSSR count). The van der Waals surface area contributed by atoms with Gasteiger partial charge in [-0.25, -0.2) is 9.78 Å². The number of benzene rings is 3. The zero-order valence-corrected chi connectivity index (χ0v) is 22.9. The number of carbonyl (C=O) groups is 3. The van der Waals surface area contributed by atoms with Crippen molar-refractivity contribution in [3.05, 3.63) is 83.2 Å². The number of aromatic nitrogens is 2. The zero-order chi connectivity index (χ0) is 30.0. The summed E-state index contributed by atoms with van der Waals surface area (Å²) in [6.07, 6.45) is -3.06. The van der Waals surface area contributed by atoms with E-state index in [0.29, 0.717) is 33.5 Å². The molecule has 3 aromatic carbocycles. The fraction of sp³-hybridized carbons (Fsp3) is 0.267.